The Morgan fingerprint density at radius 2 is 1.82 bits per heavy atom. The summed E-state index contributed by atoms with van der Waals surface area (Å²) in [6, 6.07) is 0. The Balaban J connectivity index is 2.28. The third-order valence-electron chi connectivity index (χ3n) is 3.80. The maximum Gasteiger partial charge on any atom is 0.161 e. The average molecular weight is 236 g/mol. The van der Waals surface area contributed by atoms with Crippen LogP contribution in [0.5, 0.6) is 0 Å². The van der Waals surface area contributed by atoms with Crippen LogP contribution in [0.2, 0.25) is 0 Å². The zero-order valence-corrected chi connectivity index (χ0v) is 11.6. The van der Waals surface area contributed by atoms with E-state index in [0.717, 1.165) is 31.3 Å². The Morgan fingerprint density at radius 3 is 2.53 bits per heavy atom. The smallest absolute Gasteiger partial charge is 0.161 e. The summed E-state index contributed by atoms with van der Waals surface area (Å²) in [4.78, 5) is 12.1. The van der Waals surface area contributed by atoms with Crippen molar-refractivity contribution in [3.05, 3.63) is 11.6 Å². The Hall–Kier alpha value is -0.590. The van der Waals surface area contributed by atoms with Crippen LogP contribution in [0.3, 0.4) is 0 Å². The minimum atomic E-state index is 0.360. The average Bonchev–Trinajstić information content (AvgIpc) is 2.67. The molecule has 1 nitrogen and oxygen atoms in total. The Bertz CT molecular complexity index is 252. The number of Topliss-reactive ketones (excluding diaryl/α,β-unsaturated/α-hetero) is 1. The van der Waals surface area contributed by atoms with Crippen LogP contribution >= 0.6 is 0 Å². The van der Waals surface area contributed by atoms with Crippen molar-refractivity contribution in [1.82, 2.24) is 0 Å². The molecule has 1 aliphatic carbocycles. The second kappa shape index (κ2) is 8.49. The van der Waals surface area contributed by atoms with Crippen molar-refractivity contribution in [1.29, 1.82) is 0 Å². The molecule has 1 fully saturated rings. The molecule has 0 aromatic carbocycles. The number of carbonyl (C=O) groups excluding carboxylic acids is 1. The van der Waals surface area contributed by atoms with Crippen LogP contribution in [0.15, 0.2) is 11.6 Å². The number of unbranched alkanes of at least 4 members (excludes halogenated alkanes) is 5. The normalized spacial score (nSPS) is 22.6. The monoisotopic (exact) mass is 236 g/mol. The van der Waals surface area contributed by atoms with Crippen LogP contribution in [0, 0.1) is 5.92 Å². The van der Waals surface area contributed by atoms with E-state index in [2.05, 4.69) is 19.9 Å². The van der Waals surface area contributed by atoms with Crippen molar-refractivity contribution >= 4 is 5.78 Å². The second-order valence-electron chi connectivity index (χ2n) is 5.32. The van der Waals surface area contributed by atoms with E-state index in [1.807, 2.05) is 0 Å². The van der Waals surface area contributed by atoms with Gasteiger partial charge in [-0.2, -0.15) is 0 Å². The molecule has 0 amide bonds. The van der Waals surface area contributed by atoms with Crippen LogP contribution in [0.25, 0.3) is 0 Å². The van der Waals surface area contributed by atoms with Crippen LogP contribution in [0.1, 0.15) is 78.1 Å². The van der Waals surface area contributed by atoms with Crippen molar-refractivity contribution in [3.8, 4) is 0 Å². The fourth-order valence-electron chi connectivity index (χ4n) is 2.64. The molecule has 1 unspecified atom stereocenters. The molecule has 1 heteroatoms. The van der Waals surface area contributed by atoms with Crippen molar-refractivity contribution in [3.63, 3.8) is 0 Å². The molecule has 1 saturated carbocycles. The van der Waals surface area contributed by atoms with E-state index >= 15 is 0 Å². The summed E-state index contributed by atoms with van der Waals surface area (Å²) in [6.07, 6.45) is 14.2. The molecule has 0 heterocycles. The first-order valence-corrected chi connectivity index (χ1v) is 7.52. The SMILES string of the molecule is CCCCC/C=C1/CCC(CCCCC)C1=O. The molecule has 0 radical (unpaired) electrons. The highest BCUT2D eigenvalue weighted by Gasteiger charge is 2.27. The first-order chi connectivity index (χ1) is 8.29. The highest BCUT2D eigenvalue weighted by atomic mass is 16.1. The van der Waals surface area contributed by atoms with E-state index in [0.29, 0.717) is 11.7 Å². The van der Waals surface area contributed by atoms with Gasteiger partial charge in [0.2, 0.25) is 0 Å². The van der Waals surface area contributed by atoms with E-state index < -0.39 is 0 Å². The predicted molar refractivity (Wildman–Crippen MR) is 74.1 cm³/mol. The lowest BCUT2D eigenvalue weighted by Gasteiger charge is -2.06. The standard InChI is InChI=1S/C16H28O/c1-3-5-7-9-11-15-13-12-14(16(15)17)10-8-6-4-2/h11,14H,3-10,12-13H2,1-2H3/b15-11-. The minimum absolute atomic E-state index is 0.360. The van der Waals surface area contributed by atoms with E-state index in [9.17, 15) is 4.79 Å². The van der Waals surface area contributed by atoms with Crippen molar-refractivity contribution in [2.45, 2.75) is 78.1 Å². The minimum Gasteiger partial charge on any atom is -0.294 e. The molecule has 0 spiro atoms. The van der Waals surface area contributed by atoms with E-state index in [-0.39, 0.29) is 0 Å². The summed E-state index contributed by atoms with van der Waals surface area (Å²) < 4.78 is 0. The molecular formula is C16H28O. The van der Waals surface area contributed by atoms with Crippen molar-refractivity contribution < 1.29 is 4.79 Å². The summed E-state index contributed by atoms with van der Waals surface area (Å²) in [5.41, 5.74) is 1.14. The van der Waals surface area contributed by atoms with Crippen LogP contribution in [-0.2, 0) is 4.79 Å². The highest BCUT2D eigenvalue weighted by Crippen LogP contribution is 2.31. The Kier molecular flexibility index (Phi) is 7.23. The molecule has 0 saturated heterocycles. The summed E-state index contributed by atoms with van der Waals surface area (Å²) in [5.74, 6) is 0.830. The Labute approximate surface area is 107 Å². The predicted octanol–water partition coefficient (Wildman–Crippen LogP) is 5.05. The molecule has 1 rings (SSSR count). The van der Waals surface area contributed by atoms with Gasteiger partial charge in [-0.15, -0.1) is 0 Å². The molecule has 0 bridgehead atoms. The fourth-order valence-corrected chi connectivity index (χ4v) is 2.64. The molecule has 1 aliphatic rings. The van der Waals surface area contributed by atoms with Gasteiger partial charge >= 0.3 is 0 Å². The van der Waals surface area contributed by atoms with Gasteiger partial charge in [0.15, 0.2) is 5.78 Å². The maximum absolute atomic E-state index is 12.1. The largest absolute Gasteiger partial charge is 0.294 e. The molecule has 98 valence electrons. The van der Waals surface area contributed by atoms with Gasteiger partial charge in [0, 0.05) is 5.92 Å². The summed E-state index contributed by atoms with van der Waals surface area (Å²) in [6.45, 7) is 4.44. The first kappa shape index (κ1) is 14.5. The van der Waals surface area contributed by atoms with Crippen molar-refractivity contribution in [2.75, 3.05) is 0 Å². The van der Waals surface area contributed by atoms with Gasteiger partial charge < -0.3 is 0 Å². The molecule has 0 aromatic heterocycles. The van der Waals surface area contributed by atoms with Gasteiger partial charge in [0.25, 0.3) is 0 Å². The Morgan fingerprint density at radius 1 is 1.12 bits per heavy atom. The summed E-state index contributed by atoms with van der Waals surface area (Å²) in [7, 11) is 0. The molecule has 17 heavy (non-hydrogen) atoms. The fraction of sp³-hybridized carbons (Fsp3) is 0.812. The number of rotatable bonds is 8. The third kappa shape index (κ3) is 5.06. The van der Waals surface area contributed by atoms with Crippen molar-refractivity contribution in [2.24, 2.45) is 5.92 Å². The number of hydrogen-bond acceptors (Lipinski definition) is 1. The topological polar surface area (TPSA) is 17.1 Å². The van der Waals surface area contributed by atoms with Crippen LogP contribution < -0.4 is 0 Å². The maximum atomic E-state index is 12.1. The lowest BCUT2D eigenvalue weighted by molar-refractivity contribution is -0.118. The lowest BCUT2D eigenvalue weighted by Crippen LogP contribution is -2.07. The number of allylic oxidation sites excluding steroid dienone is 2. The van der Waals surface area contributed by atoms with E-state index in [1.165, 1.54) is 38.5 Å². The van der Waals surface area contributed by atoms with Crippen LogP contribution in [0.4, 0.5) is 0 Å². The van der Waals surface area contributed by atoms with Gasteiger partial charge in [0.1, 0.15) is 0 Å². The second-order valence-corrected chi connectivity index (χ2v) is 5.32. The summed E-state index contributed by atoms with van der Waals surface area (Å²) >= 11 is 0. The highest BCUT2D eigenvalue weighted by molar-refractivity contribution is 5.99. The molecule has 0 aromatic rings. The van der Waals surface area contributed by atoms with E-state index in [4.69, 9.17) is 0 Å². The zero-order chi connectivity index (χ0) is 12.5. The van der Waals surface area contributed by atoms with Gasteiger partial charge in [-0.3, -0.25) is 4.79 Å². The number of carbonyl (C=O) groups is 1. The molecule has 0 aliphatic heterocycles. The van der Waals surface area contributed by atoms with Gasteiger partial charge in [-0.05, 0) is 37.7 Å². The van der Waals surface area contributed by atoms with Crippen LogP contribution in [-0.4, -0.2) is 5.78 Å². The number of hydrogen-bond donors (Lipinski definition) is 0. The summed E-state index contributed by atoms with van der Waals surface area (Å²) in [5, 5.41) is 0. The number of ketones is 1. The molecule has 0 N–H and O–H groups in total. The third-order valence-corrected chi connectivity index (χ3v) is 3.80. The van der Waals surface area contributed by atoms with E-state index in [1.54, 1.807) is 0 Å². The quantitative estimate of drug-likeness (QED) is 0.425. The zero-order valence-electron chi connectivity index (χ0n) is 11.6. The van der Waals surface area contributed by atoms with Gasteiger partial charge in [0.05, 0.1) is 0 Å². The van der Waals surface area contributed by atoms with Gasteiger partial charge in [-0.25, -0.2) is 0 Å². The van der Waals surface area contributed by atoms with Gasteiger partial charge in [-0.1, -0.05) is 52.0 Å². The molecular weight excluding hydrogens is 208 g/mol. The lowest BCUT2D eigenvalue weighted by atomic mass is 9.98. The first-order valence-electron chi connectivity index (χ1n) is 7.52. The molecule has 1 atom stereocenters.